The monoisotopic (exact) mass is 254 g/mol. The molecule has 0 aliphatic heterocycles. The first-order valence-electron chi connectivity index (χ1n) is 7.75. The van der Waals surface area contributed by atoms with Crippen LogP contribution in [0.1, 0.15) is 54.4 Å². The first-order chi connectivity index (χ1) is 8.30. The SMILES string of the molecule is CC(C)CNCC(C)(C)CN(CC(C)C)C1CC1. The second-order valence-corrected chi connectivity index (χ2v) is 7.74. The van der Waals surface area contributed by atoms with Gasteiger partial charge in [0.2, 0.25) is 0 Å². The number of nitrogens with one attached hydrogen (secondary N) is 1. The third kappa shape index (κ3) is 6.75. The van der Waals surface area contributed by atoms with Gasteiger partial charge in [0.05, 0.1) is 0 Å². The van der Waals surface area contributed by atoms with E-state index < -0.39 is 0 Å². The summed E-state index contributed by atoms with van der Waals surface area (Å²) in [6, 6.07) is 0.886. The molecule has 1 N–H and O–H groups in total. The van der Waals surface area contributed by atoms with Gasteiger partial charge in [0.15, 0.2) is 0 Å². The van der Waals surface area contributed by atoms with Crippen molar-refractivity contribution in [1.29, 1.82) is 0 Å². The molecule has 0 atom stereocenters. The maximum atomic E-state index is 3.62. The Labute approximate surface area is 115 Å². The van der Waals surface area contributed by atoms with Crippen molar-refractivity contribution in [2.45, 2.75) is 60.4 Å². The van der Waals surface area contributed by atoms with Gasteiger partial charge in [-0.05, 0) is 36.6 Å². The van der Waals surface area contributed by atoms with Crippen LogP contribution in [-0.2, 0) is 0 Å². The fraction of sp³-hybridized carbons (Fsp3) is 1.00. The Hall–Kier alpha value is -0.0800. The number of hydrogen-bond donors (Lipinski definition) is 1. The predicted molar refractivity (Wildman–Crippen MR) is 80.9 cm³/mol. The summed E-state index contributed by atoms with van der Waals surface area (Å²) in [5, 5.41) is 3.62. The molecule has 0 spiro atoms. The molecule has 1 rings (SSSR count). The third-order valence-electron chi connectivity index (χ3n) is 3.45. The summed E-state index contributed by atoms with van der Waals surface area (Å²) >= 11 is 0. The number of rotatable bonds is 9. The Bertz CT molecular complexity index is 229. The van der Waals surface area contributed by atoms with Crippen LogP contribution in [0.4, 0.5) is 0 Å². The summed E-state index contributed by atoms with van der Waals surface area (Å²) in [4.78, 5) is 2.72. The van der Waals surface area contributed by atoms with E-state index >= 15 is 0 Å². The minimum Gasteiger partial charge on any atom is -0.316 e. The highest BCUT2D eigenvalue weighted by atomic mass is 15.2. The molecule has 2 heteroatoms. The number of hydrogen-bond acceptors (Lipinski definition) is 2. The van der Waals surface area contributed by atoms with E-state index in [4.69, 9.17) is 0 Å². The Morgan fingerprint density at radius 1 is 1.11 bits per heavy atom. The summed E-state index contributed by atoms with van der Waals surface area (Å²) in [5.41, 5.74) is 0.381. The third-order valence-corrected chi connectivity index (χ3v) is 3.45. The molecule has 0 radical (unpaired) electrons. The van der Waals surface area contributed by atoms with Crippen LogP contribution in [0, 0.1) is 17.3 Å². The lowest BCUT2D eigenvalue weighted by Gasteiger charge is -2.34. The highest BCUT2D eigenvalue weighted by Crippen LogP contribution is 2.30. The summed E-state index contributed by atoms with van der Waals surface area (Å²) in [6.45, 7) is 18.8. The van der Waals surface area contributed by atoms with Crippen LogP contribution in [0.25, 0.3) is 0 Å². The number of nitrogens with zero attached hydrogens (tertiary/aromatic N) is 1. The van der Waals surface area contributed by atoms with Crippen molar-refractivity contribution in [3.05, 3.63) is 0 Å². The molecule has 1 saturated carbocycles. The summed E-state index contributed by atoms with van der Waals surface area (Å²) < 4.78 is 0. The molecule has 18 heavy (non-hydrogen) atoms. The Kier molecular flexibility index (Phi) is 6.13. The molecule has 0 unspecified atom stereocenters. The summed E-state index contributed by atoms with van der Waals surface area (Å²) in [7, 11) is 0. The average Bonchev–Trinajstić information content (AvgIpc) is 2.96. The molecule has 0 aromatic heterocycles. The summed E-state index contributed by atoms with van der Waals surface area (Å²) in [6.07, 6.45) is 2.84. The first kappa shape index (κ1) is 16.0. The van der Waals surface area contributed by atoms with Crippen molar-refractivity contribution in [2.24, 2.45) is 17.3 Å². The van der Waals surface area contributed by atoms with Gasteiger partial charge < -0.3 is 5.32 Å². The van der Waals surface area contributed by atoms with Crippen molar-refractivity contribution in [3.63, 3.8) is 0 Å². The molecule has 1 aliphatic rings. The minimum atomic E-state index is 0.381. The first-order valence-corrected chi connectivity index (χ1v) is 7.75. The highest BCUT2D eigenvalue weighted by Gasteiger charge is 2.33. The maximum Gasteiger partial charge on any atom is 0.00967 e. The molecule has 0 aromatic rings. The molecular weight excluding hydrogens is 220 g/mol. The van der Waals surface area contributed by atoms with E-state index in [1.165, 1.54) is 25.9 Å². The Balaban J connectivity index is 2.35. The lowest BCUT2D eigenvalue weighted by atomic mass is 9.92. The zero-order valence-corrected chi connectivity index (χ0v) is 13.4. The van der Waals surface area contributed by atoms with Crippen molar-refractivity contribution >= 4 is 0 Å². The fourth-order valence-corrected chi connectivity index (χ4v) is 2.56. The van der Waals surface area contributed by atoms with Crippen LogP contribution in [-0.4, -0.2) is 37.1 Å². The van der Waals surface area contributed by atoms with Gasteiger partial charge in [-0.25, -0.2) is 0 Å². The molecule has 0 aromatic carbocycles. The molecule has 0 heterocycles. The van der Waals surface area contributed by atoms with Crippen molar-refractivity contribution < 1.29 is 0 Å². The van der Waals surface area contributed by atoms with E-state index in [0.717, 1.165) is 31.0 Å². The van der Waals surface area contributed by atoms with Crippen LogP contribution < -0.4 is 5.32 Å². The van der Waals surface area contributed by atoms with E-state index in [0.29, 0.717) is 5.41 Å². The van der Waals surface area contributed by atoms with Gasteiger partial charge in [-0.3, -0.25) is 4.90 Å². The van der Waals surface area contributed by atoms with Gasteiger partial charge in [-0.2, -0.15) is 0 Å². The maximum absolute atomic E-state index is 3.62. The lowest BCUT2D eigenvalue weighted by Crippen LogP contribution is -2.43. The predicted octanol–water partition coefficient (Wildman–Crippen LogP) is 3.38. The largest absolute Gasteiger partial charge is 0.316 e. The van der Waals surface area contributed by atoms with Crippen LogP contribution in [0.2, 0.25) is 0 Å². The lowest BCUT2D eigenvalue weighted by molar-refractivity contribution is 0.151. The molecule has 2 nitrogen and oxygen atoms in total. The van der Waals surface area contributed by atoms with Crippen LogP contribution in [0.3, 0.4) is 0 Å². The highest BCUT2D eigenvalue weighted by molar-refractivity contribution is 4.88. The van der Waals surface area contributed by atoms with E-state index in [9.17, 15) is 0 Å². The van der Waals surface area contributed by atoms with E-state index in [2.05, 4.69) is 51.8 Å². The second-order valence-electron chi connectivity index (χ2n) is 7.74. The van der Waals surface area contributed by atoms with Crippen LogP contribution in [0.15, 0.2) is 0 Å². The smallest absolute Gasteiger partial charge is 0.00967 e. The zero-order chi connectivity index (χ0) is 13.8. The summed E-state index contributed by atoms with van der Waals surface area (Å²) in [5.74, 6) is 1.53. The van der Waals surface area contributed by atoms with Gasteiger partial charge in [0.1, 0.15) is 0 Å². The van der Waals surface area contributed by atoms with Gasteiger partial charge in [0, 0.05) is 25.7 Å². The van der Waals surface area contributed by atoms with Crippen molar-refractivity contribution in [2.75, 3.05) is 26.2 Å². The van der Waals surface area contributed by atoms with Gasteiger partial charge in [-0.15, -0.1) is 0 Å². The van der Waals surface area contributed by atoms with E-state index in [-0.39, 0.29) is 0 Å². The Morgan fingerprint density at radius 2 is 1.72 bits per heavy atom. The fourth-order valence-electron chi connectivity index (χ4n) is 2.56. The van der Waals surface area contributed by atoms with Crippen molar-refractivity contribution in [1.82, 2.24) is 10.2 Å². The molecule has 1 aliphatic carbocycles. The Morgan fingerprint density at radius 3 is 2.17 bits per heavy atom. The quantitative estimate of drug-likeness (QED) is 0.678. The normalized spacial score (nSPS) is 17.2. The molecule has 108 valence electrons. The molecule has 1 fully saturated rings. The van der Waals surface area contributed by atoms with Gasteiger partial charge >= 0.3 is 0 Å². The molecular formula is C16H34N2. The van der Waals surface area contributed by atoms with Crippen LogP contribution in [0.5, 0.6) is 0 Å². The van der Waals surface area contributed by atoms with Crippen molar-refractivity contribution in [3.8, 4) is 0 Å². The molecule has 0 amide bonds. The molecule has 0 saturated heterocycles. The zero-order valence-electron chi connectivity index (χ0n) is 13.4. The topological polar surface area (TPSA) is 15.3 Å². The average molecular weight is 254 g/mol. The van der Waals surface area contributed by atoms with E-state index in [1.54, 1.807) is 0 Å². The minimum absolute atomic E-state index is 0.381. The van der Waals surface area contributed by atoms with Gasteiger partial charge in [0.25, 0.3) is 0 Å². The van der Waals surface area contributed by atoms with E-state index in [1.807, 2.05) is 0 Å². The molecule has 0 bridgehead atoms. The van der Waals surface area contributed by atoms with Crippen LogP contribution >= 0.6 is 0 Å². The second kappa shape index (κ2) is 6.91. The standard InChI is InChI=1S/C16H34N2/c1-13(2)9-17-11-16(5,6)12-18(10-14(3)4)15-7-8-15/h13-15,17H,7-12H2,1-6H3. The van der Waals surface area contributed by atoms with Gasteiger partial charge in [-0.1, -0.05) is 41.5 Å².